The van der Waals surface area contributed by atoms with Crippen LogP contribution < -0.4 is 0 Å². The molecule has 2 aromatic rings. The van der Waals surface area contributed by atoms with Crippen LogP contribution in [0.15, 0.2) is 18.2 Å². The van der Waals surface area contributed by atoms with Gasteiger partial charge in [0.05, 0.1) is 18.2 Å². The highest BCUT2D eigenvalue weighted by Gasteiger charge is 2.69. The van der Waals surface area contributed by atoms with Crippen molar-refractivity contribution in [2.24, 2.45) is 11.3 Å². The van der Waals surface area contributed by atoms with Gasteiger partial charge in [-0.15, -0.1) is 10.2 Å². The van der Waals surface area contributed by atoms with Gasteiger partial charge in [0.15, 0.2) is 5.82 Å². The summed E-state index contributed by atoms with van der Waals surface area (Å²) >= 11 is 6.27. The Labute approximate surface area is 219 Å². The lowest BCUT2D eigenvalue weighted by Gasteiger charge is -2.43. The molecule has 0 unspecified atom stereocenters. The van der Waals surface area contributed by atoms with E-state index in [1.54, 1.807) is 12.1 Å². The van der Waals surface area contributed by atoms with E-state index < -0.39 is 29.6 Å². The molecule has 0 spiro atoms. The molecule has 2 aliphatic heterocycles. The lowest BCUT2D eigenvalue weighted by molar-refractivity contribution is -0.207. The zero-order valence-corrected chi connectivity index (χ0v) is 21.1. The number of hydrogen-bond acceptors (Lipinski definition) is 4. The molecule has 1 aromatic carbocycles. The first-order valence-electron chi connectivity index (χ1n) is 12.8. The Bertz CT molecular complexity index is 1240. The molecule has 2 saturated carbocycles. The predicted octanol–water partition coefficient (Wildman–Crippen LogP) is 5.63. The quantitative estimate of drug-likeness (QED) is 0.456. The van der Waals surface area contributed by atoms with Crippen LogP contribution in [0, 0.1) is 11.3 Å². The van der Waals surface area contributed by atoms with Gasteiger partial charge in [0.25, 0.3) is 0 Å². The van der Waals surface area contributed by atoms with Gasteiger partial charge in [0, 0.05) is 36.6 Å². The number of piperidine rings is 1. The van der Waals surface area contributed by atoms with Crippen LogP contribution in [0.1, 0.15) is 61.7 Å². The lowest BCUT2D eigenvalue weighted by atomic mass is 9.78. The van der Waals surface area contributed by atoms with Crippen LogP contribution in [0.3, 0.4) is 0 Å². The van der Waals surface area contributed by atoms with E-state index in [0.29, 0.717) is 42.6 Å². The summed E-state index contributed by atoms with van der Waals surface area (Å²) in [5, 5.41) is 9.34. The van der Waals surface area contributed by atoms with Crippen LogP contribution >= 0.6 is 11.6 Å². The van der Waals surface area contributed by atoms with Crippen LogP contribution in [0.2, 0.25) is 5.02 Å². The molecule has 4 aliphatic rings. The Hall–Kier alpha value is -2.34. The Balaban J connectivity index is 1.23. The van der Waals surface area contributed by atoms with E-state index in [1.165, 1.54) is 4.90 Å². The number of alkyl halides is 6. The molecule has 0 atom stereocenters. The number of amides is 1. The van der Waals surface area contributed by atoms with Crippen molar-refractivity contribution in [3.05, 3.63) is 40.4 Å². The van der Waals surface area contributed by atoms with Crippen molar-refractivity contribution >= 4 is 17.5 Å². The van der Waals surface area contributed by atoms with Gasteiger partial charge in [0.2, 0.25) is 5.91 Å². The summed E-state index contributed by atoms with van der Waals surface area (Å²) in [4.78, 5) is 16.0. The molecule has 6 rings (SSSR count). The summed E-state index contributed by atoms with van der Waals surface area (Å²) in [7, 11) is 0. The number of aromatic nitrogens is 3. The second kappa shape index (κ2) is 8.84. The molecule has 0 bridgehead atoms. The Morgan fingerprint density at radius 2 is 1.68 bits per heavy atom. The first-order valence-corrected chi connectivity index (χ1v) is 13.1. The smallest absolute Gasteiger partial charge is 0.342 e. The molecule has 206 valence electrons. The number of fused-ring (bicyclic) bond motifs is 3. The van der Waals surface area contributed by atoms with Crippen LogP contribution in [-0.2, 0) is 17.9 Å². The van der Waals surface area contributed by atoms with Gasteiger partial charge in [-0.1, -0.05) is 11.6 Å². The maximum atomic E-state index is 13.5. The van der Waals surface area contributed by atoms with Crippen molar-refractivity contribution in [2.75, 3.05) is 13.1 Å². The normalized spacial score (nSPS) is 25.8. The van der Waals surface area contributed by atoms with Crippen molar-refractivity contribution < 1.29 is 31.1 Å². The maximum absolute atomic E-state index is 13.5. The van der Waals surface area contributed by atoms with Gasteiger partial charge in [-0.25, -0.2) is 0 Å². The van der Waals surface area contributed by atoms with Crippen LogP contribution in [-0.4, -0.2) is 62.0 Å². The van der Waals surface area contributed by atoms with Gasteiger partial charge in [-0.2, -0.15) is 26.3 Å². The van der Waals surface area contributed by atoms with Gasteiger partial charge in [0.1, 0.15) is 11.2 Å². The third-order valence-corrected chi connectivity index (χ3v) is 8.93. The van der Waals surface area contributed by atoms with Crippen LogP contribution in [0.5, 0.6) is 0 Å². The minimum absolute atomic E-state index is 0.0340. The second-order valence-corrected chi connectivity index (χ2v) is 11.4. The highest BCUT2D eigenvalue weighted by molar-refractivity contribution is 6.30. The van der Waals surface area contributed by atoms with E-state index in [9.17, 15) is 31.1 Å². The van der Waals surface area contributed by atoms with E-state index in [4.69, 9.17) is 11.6 Å². The molecule has 0 radical (unpaired) electrons. The fourth-order valence-electron chi connectivity index (χ4n) is 6.11. The van der Waals surface area contributed by atoms with Crippen LogP contribution in [0.4, 0.5) is 26.3 Å². The Kier molecular flexibility index (Phi) is 6.03. The monoisotopic (exact) mass is 561 g/mol. The topological polar surface area (TPSA) is 54.3 Å². The maximum Gasteiger partial charge on any atom is 0.403 e. The first-order chi connectivity index (χ1) is 17.9. The molecule has 0 N–H and O–H groups in total. The molecule has 13 heteroatoms. The highest BCUT2D eigenvalue weighted by atomic mass is 35.5. The number of halogens is 7. The van der Waals surface area contributed by atoms with Crippen molar-refractivity contribution in [1.82, 2.24) is 24.6 Å². The van der Waals surface area contributed by atoms with Crippen molar-refractivity contribution in [2.45, 2.75) is 75.9 Å². The number of carbonyl (C=O) groups excluding carboxylic acids is 1. The number of nitrogens with zero attached hydrogens (tertiary/aromatic N) is 5. The van der Waals surface area contributed by atoms with Gasteiger partial charge < -0.3 is 4.90 Å². The highest BCUT2D eigenvalue weighted by Crippen LogP contribution is 2.59. The van der Waals surface area contributed by atoms with Gasteiger partial charge in [-0.05, 0) is 62.3 Å². The molecule has 1 aromatic heterocycles. The summed E-state index contributed by atoms with van der Waals surface area (Å²) in [5.74, 6) is -1.02. The van der Waals surface area contributed by atoms with E-state index in [2.05, 4.69) is 10.2 Å². The van der Waals surface area contributed by atoms with Crippen molar-refractivity contribution in [3.63, 3.8) is 0 Å². The molecule has 6 nitrogen and oxygen atoms in total. The summed E-state index contributed by atoms with van der Waals surface area (Å²) in [6, 6.07) is 5.14. The summed E-state index contributed by atoms with van der Waals surface area (Å²) in [6.45, 7) is 1.13. The van der Waals surface area contributed by atoms with Crippen molar-refractivity contribution in [1.29, 1.82) is 0 Å². The summed E-state index contributed by atoms with van der Waals surface area (Å²) < 4.78 is 81.7. The largest absolute Gasteiger partial charge is 0.403 e. The zero-order chi connectivity index (χ0) is 27.0. The number of benzene rings is 1. The van der Waals surface area contributed by atoms with Crippen molar-refractivity contribution in [3.8, 4) is 5.69 Å². The fourth-order valence-corrected chi connectivity index (χ4v) is 6.31. The number of hydrogen-bond donors (Lipinski definition) is 0. The summed E-state index contributed by atoms with van der Waals surface area (Å²) in [5.41, 5.74) is -0.576. The number of carbonyl (C=O) groups is 1. The molecule has 1 amide bonds. The predicted molar refractivity (Wildman–Crippen MR) is 124 cm³/mol. The van der Waals surface area contributed by atoms with E-state index >= 15 is 0 Å². The van der Waals surface area contributed by atoms with Gasteiger partial charge >= 0.3 is 12.4 Å². The third-order valence-electron chi connectivity index (χ3n) is 8.70. The van der Waals surface area contributed by atoms with Crippen LogP contribution in [0.25, 0.3) is 5.69 Å². The molecule has 1 saturated heterocycles. The Morgan fingerprint density at radius 1 is 1.00 bits per heavy atom. The summed E-state index contributed by atoms with van der Waals surface area (Å²) in [6.07, 6.45) is -8.10. The molecule has 2 aliphatic carbocycles. The van der Waals surface area contributed by atoms with E-state index in [-0.39, 0.29) is 50.7 Å². The number of likely N-dealkylation sites (tertiary alicyclic amines) is 1. The standard InChI is InChI=1S/C25H26ClF6N5O/c26-17-1-2-19-15(9-17)12-36(18-10-16(11-18)24(27,28)29)13-20-33-34-21(37(19)20)14-3-7-35(8-4-14)22(38)23(5-6-23)25(30,31)32/h1-2,9,14,16,18H,3-8,10-13H2. The molecule has 38 heavy (non-hydrogen) atoms. The SMILES string of the molecule is O=C(N1CCC(c2nnc3n2-c2ccc(Cl)cc2CN(C2CC(C(F)(F)F)C2)C3)CC1)C1(C(F)(F)F)CC1. The third kappa shape index (κ3) is 4.27. The number of rotatable bonds is 3. The minimum atomic E-state index is -4.54. The Morgan fingerprint density at radius 3 is 2.29 bits per heavy atom. The average molecular weight is 562 g/mol. The van der Waals surface area contributed by atoms with Gasteiger partial charge in [-0.3, -0.25) is 14.3 Å². The molecule has 3 heterocycles. The average Bonchev–Trinajstić information content (AvgIpc) is 3.56. The fraction of sp³-hybridized carbons (Fsp3) is 0.640. The first kappa shape index (κ1) is 25.9. The minimum Gasteiger partial charge on any atom is -0.342 e. The zero-order valence-electron chi connectivity index (χ0n) is 20.3. The second-order valence-electron chi connectivity index (χ2n) is 11.0. The van der Waals surface area contributed by atoms with E-state index in [0.717, 1.165) is 11.3 Å². The molecular formula is C25H26ClF6N5O. The molecule has 3 fully saturated rings. The van der Waals surface area contributed by atoms with E-state index in [1.807, 2.05) is 15.5 Å². The lowest BCUT2D eigenvalue weighted by Crippen LogP contribution is -2.48. The molecular weight excluding hydrogens is 536 g/mol.